The van der Waals surface area contributed by atoms with Gasteiger partial charge in [-0.15, -0.1) is 0 Å². The van der Waals surface area contributed by atoms with Gasteiger partial charge in [0.2, 0.25) is 11.8 Å². The summed E-state index contributed by atoms with van der Waals surface area (Å²) in [6, 6.07) is 6.01. The number of rotatable bonds is 4. The van der Waals surface area contributed by atoms with Crippen LogP contribution in [0.2, 0.25) is 5.02 Å². The van der Waals surface area contributed by atoms with Crippen molar-refractivity contribution in [2.45, 2.75) is 5.92 Å². The Morgan fingerprint density at radius 1 is 1.22 bits per heavy atom. The summed E-state index contributed by atoms with van der Waals surface area (Å²) >= 11 is 5.87. The molecule has 0 radical (unpaired) electrons. The summed E-state index contributed by atoms with van der Waals surface area (Å²) in [6.07, 6.45) is 0. The summed E-state index contributed by atoms with van der Waals surface area (Å²) in [7, 11) is 1.24. The SMILES string of the molecule is COc1c(Cl)ccc([C@H]2CNC(=O)[C@@H]2C(=O)Nc2cccc(F)c2F)c1F. The van der Waals surface area contributed by atoms with Gasteiger partial charge < -0.3 is 15.4 Å². The van der Waals surface area contributed by atoms with E-state index in [0.717, 1.165) is 12.1 Å². The highest BCUT2D eigenvalue weighted by molar-refractivity contribution is 6.32. The molecule has 2 aromatic carbocycles. The predicted octanol–water partition coefficient (Wildman–Crippen LogP) is 3.23. The topological polar surface area (TPSA) is 67.4 Å². The summed E-state index contributed by atoms with van der Waals surface area (Å²) in [6.45, 7) is -0.00966. The molecule has 1 fully saturated rings. The minimum atomic E-state index is -1.34. The second-order valence-corrected chi connectivity index (χ2v) is 6.31. The molecule has 2 atom stereocenters. The van der Waals surface area contributed by atoms with Gasteiger partial charge in [0.15, 0.2) is 23.2 Å². The molecular weight excluding hydrogens is 385 g/mol. The Bertz CT molecular complexity index is 923. The zero-order chi connectivity index (χ0) is 19.7. The minimum absolute atomic E-state index is 0.00966. The average Bonchev–Trinajstić information content (AvgIpc) is 3.01. The highest BCUT2D eigenvalue weighted by atomic mass is 35.5. The lowest BCUT2D eigenvalue weighted by atomic mass is 9.87. The standard InChI is InChI=1S/C18H14ClF3N2O3/c1-27-16-10(19)6-5-8(14(16)21)9-7-23-17(25)13(9)18(26)24-12-4-2-3-11(20)15(12)22/h2-6,9,13H,7H2,1H3,(H,23,25)(H,24,26)/t9-,13-/m1/s1. The molecule has 2 aromatic rings. The Hall–Kier alpha value is -2.74. The molecule has 3 rings (SSSR count). The molecule has 0 spiro atoms. The van der Waals surface area contributed by atoms with E-state index in [0.29, 0.717) is 0 Å². The first kappa shape index (κ1) is 19.0. The van der Waals surface area contributed by atoms with Crippen LogP contribution in [0, 0.1) is 23.4 Å². The number of carbonyl (C=O) groups is 2. The molecule has 0 bridgehead atoms. The van der Waals surface area contributed by atoms with Crippen molar-refractivity contribution >= 4 is 29.1 Å². The number of hydrogen-bond acceptors (Lipinski definition) is 3. The molecular formula is C18H14ClF3N2O3. The first-order chi connectivity index (χ1) is 12.8. The molecule has 5 nitrogen and oxygen atoms in total. The summed E-state index contributed by atoms with van der Waals surface area (Å²) in [4.78, 5) is 24.7. The molecule has 2 amide bonds. The maximum Gasteiger partial charge on any atom is 0.237 e. The Kier molecular flexibility index (Phi) is 5.27. The predicted molar refractivity (Wildman–Crippen MR) is 92.2 cm³/mol. The number of benzene rings is 2. The van der Waals surface area contributed by atoms with Crippen LogP contribution in [0.4, 0.5) is 18.9 Å². The van der Waals surface area contributed by atoms with Crippen molar-refractivity contribution in [3.05, 3.63) is 58.4 Å². The summed E-state index contributed by atoms with van der Waals surface area (Å²) in [5, 5.41) is 4.71. The molecule has 1 heterocycles. The fourth-order valence-corrected chi connectivity index (χ4v) is 3.27. The lowest BCUT2D eigenvalue weighted by molar-refractivity contribution is -0.130. The Labute approximate surface area is 157 Å². The minimum Gasteiger partial charge on any atom is -0.492 e. The smallest absolute Gasteiger partial charge is 0.237 e. The molecule has 0 unspecified atom stereocenters. The Balaban J connectivity index is 1.93. The van der Waals surface area contributed by atoms with Gasteiger partial charge in [-0.25, -0.2) is 13.2 Å². The van der Waals surface area contributed by atoms with Crippen molar-refractivity contribution in [3.8, 4) is 5.75 Å². The van der Waals surface area contributed by atoms with Crippen LogP contribution in [0.3, 0.4) is 0 Å². The molecule has 1 aliphatic rings. The van der Waals surface area contributed by atoms with Crippen molar-refractivity contribution < 1.29 is 27.5 Å². The number of ether oxygens (including phenoxy) is 1. The van der Waals surface area contributed by atoms with E-state index in [1.54, 1.807) is 0 Å². The van der Waals surface area contributed by atoms with Crippen LogP contribution in [0.1, 0.15) is 11.5 Å². The van der Waals surface area contributed by atoms with Crippen LogP contribution in [0.5, 0.6) is 5.75 Å². The fraction of sp³-hybridized carbons (Fsp3) is 0.222. The Morgan fingerprint density at radius 3 is 2.67 bits per heavy atom. The summed E-state index contributed by atoms with van der Waals surface area (Å²) < 4.78 is 46.7. The van der Waals surface area contributed by atoms with Gasteiger partial charge in [-0.3, -0.25) is 9.59 Å². The first-order valence-corrected chi connectivity index (χ1v) is 8.27. The van der Waals surface area contributed by atoms with Crippen LogP contribution < -0.4 is 15.4 Å². The van der Waals surface area contributed by atoms with Crippen molar-refractivity contribution in [3.63, 3.8) is 0 Å². The molecule has 27 heavy (non-hydrogen) atoms. The third kappa shape index (κ3) is 3.44. The van der Waals surface area contributed by atoms with Crippen molar-refractivity contribution in [2.75, 3.05) is 19.0 Å². The summed E-state index contributed by atoms with van der Waals surface area (Å²) in [5.41, 5.74) is -0.359. The number of methoxy groups -OCH3 is 1. The van der Waals surface area contributed by atoms with Crippen LogP contribution >= 0.6 is 11.6 Å². The van der Waals surface area contributed by atoms with Gasteiger partial charge in [0, 0.05) is 12.5 Å². The number of nitrogens with one attached hydrogen (secondary N) is 2. The van der Waals surface area contributed by atoms with E-state index in [9.17, 15) is 22.8 Å². The number of hydrogen-bond donors (Lipinski definition) is 2. The van der Waals surface area contributed by atoms with Crippen molar-refractivity contribution in [2.24, 2.45) is 5.92 Å². The average molecular weight is 399 g/mol. The molecule has 142 valence electrons. The maximum absolute atomic E-state index is 14.7. The highest BCUT2D eigenvalue weighted by Gasteiger charge is 2.43. The van der Waals surface area contributed by atoms with Gasteiger partial charge >= 0.3 is 0 Å². The monoisotopic (exact) mass is 398 g/mol. The fourth-order valence-electron chi connectivity index (χ4n) is 3.04. The lowest BCUT2D eigenvalue weighted by Gasteiger charge is -2.19. The normalized spacial score (nSPS) is 18.9. The van der Waals surface area contributed by atoms with Gasteiger partial charge in [-0.2, -0.15) is 0 Å². The van der Waals surface area contributed by atoms with Crippen LogP contribution in [-0.2, 0) is 9.59 Å². The van der Waals surface area contributed by atoms with E-state index < -0.39 is 46.8 Å². The third-order valence-electron chi connectivity index (χ3n) is 4.36. The van der Waals surface area contributed by atoms with E-state index in [1.807, 2.05) is 0 Å². The number of halogens is 4. The van der Waals surface area contributed by atoms with E-state index >= 15 is 0 Å². The first-order valence-electron chi connectivity index (χ1n) is 7.89. The molecule has 1 saturated heterocycles. The molecule has 2 N–H and O–H groups in total. The number of amides is 2. The lowest BCUT2D eigenvalue weighted by Crippen LogP contribution is -2.32. The van der Waals surface area contributed by atoms with Crippen LogP contribution in [-0.4, -0.2) is 25.5 Å². The number of carbonyl (C=O) groups excluding carboxylic acids is 2. The van der Waals surface area contributed by atoms with Gasteiger partial charge in [-0.1, -0.05) is 23.7 Å². The zero-order valence-corrected chi connectivity index (χ0v) is 14.7. The molecule has 0 aliphatic carbocycles. The van der Waals surface area contributed by atoms with Gasteiger partial charge in [0.1, 0.15) is 5.92 Å². The zero-order valence-electron chi connectivity index (χ0n) is 14.0. The second kappa shape index (κ2) is 7.48. The molecule has 1 aliphatic heterocycles. The highest BCUT2D eigenvalue weighted by Crippen LogP contribution is 2.38. The molecule has 0 aromatic heterocycles. The number of anilines is 1. The maximum atomic E-state index is 14.7. The largest absolute Gasteiger partial charge is 0.492 e. The van der Waals surface area contributed by atoms with Crippen LogP contribution in [0.15, 0.2) is 30.3 Å². The second-order valence-electron chi connectivity index (χ2n) is 5.90. The van der Waals surface area contributed by atoms with Crippen molar-refractivity contribution in [1.82, 2.24) is 5.32 Å². The van der Waals surface area contributed by atoms with Gasteiger partial charge in [-0.05, 0) is 23.8 Å². The van der Waals surface area contributed by atoms with Crippen LogP contribution in [0.25, 0.3) is 0 Å². The van der Waals surface area contributed by atoms with E-state index in [1.165, 1.54) is 25.3 Å². The quantitative estimate of drug-likeness (QED) is 0.777. The summed E-state index contributed by atoms with van der Waals surface area (Å²) in [5.74, 6) is -7.14. The van der Waals surface area contributed by atoms with E-state index in [-0.39, 0.29) is 22.9 Å². The molecule has 0 saturated carbocycles. The van der Waals surface area contributed by atoms with E-state index in [4.69, 9.17) is 16.3 Å². The van der Waals surface area contributed by atoms with Gasteiger partial charge in [0.05, 0.1) is 17.8 Å². The van der Waals surface area contributed by atoms with E-state index in [2.05, 4.69) is 10.6 Å². The van der Waals surface area contributed by atoms with Gasteiger partial charge in [0.25, 0.3) is 0 Å². The molecule has 9 heteroatoms. The van der Waals surface area contributed by atoms with Crippen molar-refractivity contribution in [1.29, 1.82) is 0 Å². The Morgan fingerprint density at radius 2 is 1.96 bits per heavy atom. The third-order valence-corrected chi connectivity index (χ3v) is 4.65.